The number of benzene rings is 2. The highest BCUT2D eigenvalue weighted by atomic mass is 15.4. The van der Waals surface area contributed by atoms with Crippen molar-refractivity contribution < 1.29 is 0 Å². The zero-order valence-electron chi connectivity index (χ0n) is 17.6. The van der Waals surface area contributed by atoms with Crippen molar-refractivity contribution in [1.82, 2.24) is 14.7 Å². The van der Waals surface area contributed by atoms with E-state index >= 15 is 0 Å². The fourth-order valence-electron chi connectivity index (χ4n) is 5.05. The van der Waals surface area contributed by atoms with Crippen molar-refractivity contribution in [2.24, 2.45) is 4.99 Å². The van der Waals surface area contributed by atoms with Gasteiger partial charge in [-0.3, -0.25) is 9.89 Å². The molecule has 1 spiro atoms. The van der Waals surface area contributed by atoms with Gasteiger partial charge in [0.25, 0.3) is 0 Å². The van der Waals surface area contributed by atoms with Crippen LogP contribution in [0.1, 0.15) is 29.5 Å². The van der Waals surface area contributed by atoms with Crippen molar-refractivity contribution in [2.75, 3.05) is 45.6 Å². The summed E-state index contributed by atoms with van der Waals surface area (Å²) in [5.41, 5.74) is 5.32. The largest absolute Gasteiger partial charge is 0.362 e. The number of rotatable bonds is 4. The molecule has 5 nitrogen and oxygen atoms in total. The van der Waals surface area contributed by atoms with Crippen LogP contribution in [0.3, 0.4) is 0 Å². The summed E-state index contributed by atoms with van der Waals surface area (Å²) in [6, 6.07) is 17.8. The Morgan fingerprint density at radius 2 is 1.69 bits per heavy atom. The Labute approximate surface area is 174 Å². The first-order valence-corrected chi connectivity index (χ1v) is 10.8. The molecule has 5 heteroatoms. The first-order valence-electron chi connectivity index (χ1n) is 10.8. The van der Waals surface area contributed by atoms with Gasteiger partial charge in [0, 0.05) is 56.8 Å². The molecule has 1 N–H and O–H groups in total. The first kappa shape index (κ1) is 18.6. The van der Waals surface area contributed by atoms with Crippen LogP contribution in [0.5, 0.6) is 0 Å². The van der Waals surface area contributed by atoms with Gasteiger partial charge in [0.05, 0.1) is 6.54 Å². The number of piperidine rings is 1. The molecular weight excluding hydrogens is 358 g/mol. The number of amidine groups is 1. The fraction of sp³-hybridized carbons (Fsp3) is 0.458. The highest BCUT2D eigenvalue weighted by molar-refractivity contribution is 6.06. The third-order valence-electron chi connectivity index (χ3n) is 6.50. The number of hydrogen-bond acceptors (Lipinski definition) is 5. The lowest BCUT2D eigenvalue weighted by molar-refractivity contribution is 0.0896. The molecule has 1 saturated heterocycles. The van der Waals surface area contributed by atoms with Gasteiger partial charge in [-0.15, -0.1) is 0 Å². The number of anilines is 1. The average molecular weight is 390 g/mol. The molecule has 2 aromatic rings. The van der Waals surface area contributed by atoms with Gasteiger partial charge in [0.1, 0.15) is 11.5 Å². The summed E-state index contributed by atoms with van der Waals surface area (Å²) in [7, 11) is 4.23. The Bertz CT molecular complexity index is 894. The Morgan fingerprint density at radius 3 is 2.45 bits per heavy atom. The molecule has 152 valence electrons. The topological polar surface area (TPSA) is 34.1 Å². The number of nitrogens with one attached hydrogen (secondary N) is 1. The molecule has 0 aromatic heterocycles. The molecule has 3 aliphatic rings. The normalized spacial score (nSPS) is 20.4. The predicted octanol–water partition coefficient (Wildman–Crippen LogP) is 3.23. The molecule has 0 radical (unpaired) electrons. The number of fused-ring (bicyclic) bond motifs is 4. The molecule has 0 unspecified atom stereocenters. The van der Waals surface area contributed by atoms with Gasteiger partial charge >= 0.3 is 0 Å². The van der Waals surface area contributed by atoms with Crippen molar-refractivity contribution in [3.63, 3.8) is 0 Å². The van der Waals surface area contributed by atoms with Crippen LogP contribution < -0.4 is 5.32 Å². The average Bonchev–Trinajstić information content (AvgIpc) is 3.22. The second kappa shape index (κ2) is 7.47. The maximum atomic E-state index is 4.85. The molecule has 0 aliphatic carbocycles. The van der Waals surface area contributed by atoms with Crippen molar-refractivity contribution in [2.45, 2.75) is 31.6 Å². The van der Waals surface area contributed by atoms with Crippen molar-refractivity contribution in [1.29, 1.82) is 0 Å². The van der Waals surface area contributed by atoms with Gasteiger partial charge < -0.3 is 15.1 Å². The number of para-hydroxylation sites is 1. The summed E-state index contributed by atoms with van der Waals surface area (Å²) in [4.78, 5) is 12.2. The van der Waals surface area contributed by atoms with Crippen LogP contribution >= 0.6 is 0 Å². The molecule has 1 fully saturated rings. The number of hydrogen-bond donors (Lipinski definition) is 1. The van der Waals surface area contributed by atoms with E-state index in [1.54, 1.807) is 0 Å². The predicted molar refractivity (Wildman–Crippen MR) is 119 cm³/mol. The van der Waals surface area contributed by atoms with Crippen LogP contribution in [-0.2, 0) is 13.1 Å². The van der Waals surface area contributed by atoms with Gasteiger partial charge in [-0.25, -0.2) is 0 Å². The van der Waals surface area contributed by atoms with E-state index in [9.17, 15) is 0 Å². The maximum Gasteiger partial charge on any atom is 0.134 e. The molecule has 3 heterocycles. The molecule has 0 amide bonds. The molecule has 29 heavy (non-hydrogen) atoms. The fourth-order valence-corrected chi connectivity index (χ4v) is 5.05. The quantitative estimate of drug-likeness (QED) is 0.871. The van der Waals surface area contributed by atoms with Crippen LogP contribution in [-0.4, -0.2) is 66.5 Å². The Kier molecular flexibility index (Phi) is 4.80. The summed E-state index contributed by atoms with van der Waals surface area (Å²) >= 11 is 0. The maximum absolute atomic E-state index is 4.85. The minimum atomic E-state index is 0.0236. The van der Waals surface area contributed by atoms with E-state index in [2.05, 4.69) is 82.6 Å². The van der Waals surface area contributed by atoms with Crippen LogP contribution in [0.2, 0.25) is 0 Å². The molecule has 0 saturated carbocycles. The molecule has 5 rings (SSSR count). The summed E-state index contributed by atoms with van der Waals surface area (Å²) in [6.07, 6.45) is 2.25. The SMILES string of the molecule is CN(C)Cc1ccc(CN2CCC3(CC2)Nc2ccccc2C2=NCCN23)cc1. The summed E-state index contributed by atoms with van der Waals surface area (Å²) in [5, 5.41) is 3.91. The van der Waals surface area contributed by atoms with Gasteiger partial charge in [0.15, 0.2) is 0 Å². The molecule has 3 aliphatic heterocycles. The minimum absolute atomic E-state index is 0.0236. The summed E-state index contributed by atoms with van der Waals surface area (Å²) in [5.74, 6) is 1.20. The van der Waals surface area contributed by atoms with E-state index in [0.717, 1.165) is 52.1 Å². The molecule has 0 atom stereocenters. The van der Waals surface area contributed by atoms with Crippen molar-refractivity contribution in [3.8, 4) is 0 Å². The van der Waals surface area contributed by atoms with Gasteiger partial charge in [0.2, 0.25) is 0 Å². The van der Waals surface area contributed by atoms with E-state index < -0.39 is 0 Å². The van der Waals surface area contributed by atoms with E-state index in [-0.39, 0.29) is 5.66 Å². The zero-order valence-corrected chi connectivity index (χ0v) is 17.6. The lowest BCUT2D eigenvalue weighted by Crippen LogP contribution is -2.63. The number of likely N-dealkylation sites (tertiary alicyclic amines) is 1. The van der Waals surface area contributed by atoms with E-state index in [1.807, 2.05) is 0 Å². The summed E-state index contributed by atoms with van der Waals surface area (Å²) < 4.78 is 0. The number of nitrogens with zero attached hydrogens (tertiary/aromatic N) is 4. The lowest BCUT2D eigenvalue weighted by Gasteiger charge is -2.52. The third-order valence-corrected chi connectivity index (χ3v) is 6.50. The smallest absolute Gasteiger partial charge is 0.134 e. The van der Waals surface area contributed by atoms with E-state index in [0.29, 0.717) is 0 Å². The lowest BCUT2D eigenvalue weighted by atomic mass is 9.90. The highest BCUT2D eigenvalue weighted by Crippen LogP contribution is 2.39. The van der Waals surface area contributed by atoms with Crippen LogP contribution in [0.25, 0.3) is 0 Å². The minimum Gasteiger partial charge on any atom is -0.362 e. The van der Waals surface area contributed by atoms with E-state index in [1.165, 1.54) is 28.2 Å². The summed E-state index contributed by atoms with van der Waals surface area (Å²) in [6.45, 7) is 6.20. The number of aliphatic imine (C=N–C) groups is 1. The third kappa shape index (κ3) is 3.53. The second-order valence-electron chi connectivity index (χ2n) is 8.89. The molecule has 0 bridgehead atoms. The monoisotopic (exact) mass is 389 g/mol. The van der Waals surface area contributed by atoms with Crippen LogP contribution in [0, 0.1) is 0 Å². The van der Waals surface area contributed by atoms with Gasteiger partial charge in [-0.1, -0.05) is 36.4 Å². The first-order chi connectivity index (χ1) is 14.1. The van der Waals surface area contributed by atoms with Crippen LogP contribution in [0.4, 0.5) is 5.69 Å². The molecule has 2 aromatic carbocycles. The van der Waals surface area contributed by atoms with Crippen LogP contribution in [0.15, 0.2) is 53.5 Å². The van der Waals surface area contributed by atoms with Gasteiger partial charge in [-0.05, 0) is 37.4 Å². The Hall–Kier alpha value is -2.37. The Morgan fingerprint density at radius 1 is 0.966 bits per heavy atom. The van der Waals surface area contributed by atoms with Gasteiger partial charge in [-0.2, -0.15) is 0 Å². The zero-order chi connectivity index (χ0) is 19.8. The Balaban J connectivity index is 1.26. The van der Waals surface area contributed by atoms with Crippen molar-refractivity contribution in [3.05, 3.63) is 65.2 Å². The standard InChI is InChI=1S/C24H31N5/c1-27(2)17-19-7-9-20(10-8-19)18-28-14-11-24(12-15-28)26-22-6-4-3-5-21(22)23-25-13-16-29(23)24/h3-10,26H,11-18H2,1-2H3. The van der Waals surface area contributed by atoms with Crippen molar-refractivity contribution >= 4 is 11.5 Å². The highest BCUT2D eigenvalue weighted by Gasteiger charge is 2.46. The van der Waals surface area contributed by atoms with E-state index in [4.69, 9.17) is 4.99 Å². The molecular formula is C24H31N5. The second-order valence-corrected chi connectivity index (χ2v) is 8.89.